The molecule has 0 aliphatic heterocycles. The van der Waals surface area contributed by atoms with Crippen LogP contribution in [-0.4, -0.2) is 15.0 Å². The summed E-state index contributed by atoms with van der Waals surface area (Å²) in [6.45, 7) is 1.98. The van der Waals surface area contributed by atoms with Gasteiger partial charge in [0.2, 0.25) is 10.0 Å². The van der Waals surface area contributed by atoms with Gasteiger partial charge in [-0.25, -0.2) is 17.5 Å². The molecule has 6 heteroatoms. The summed E-state index contributed by atoms with van der Waals surface area (Å²) in [6, 6.07) is 2.66. The molecule has 1 aliphatic rings. The molecule has 1 aromatic carbocycles. The predicted molar refractivity (Wildman–Crippen MR) is 71.6 cm³/mol. The highest BCUT2D eigenvalue weighted by molar-refractivity contribution is 7.89. The molecule has 0 saturated heterocycles. The topological polar surface area (TPSA) is 72.2 Å². The van der Waals surface area contributed by atoms with E-state index in [1.165, 1.54) is 18.6 Å². The average Bonchev–Trinajstić information content (AvgIpc) is 2.30. The van der Waals surface area contributed by atoms with Crippen LogP contribution < -0.4 is 10.5 Å². The first kappa shape index (κ1) is 14.4. The second kappa shape index (κ2) is 5.56. The standard InChI is InChI=1S/C13H19FN2O2S/c1-9-5-12(6-11(7-15)13(9)14)19(17,18)16-8-10-3-2-4-10/h5-6,10,16H,2-4,7-8,15H2,1H3. The maximum absolute atomic E-state index is 13.7. The summed E-state index contributed by atoms with van der Waals surface area (Å²) in [6.07, 6.45) is 3.30. The summed E-state index contributed by atoms with van der Waals surface area (Å²) in [4.78, 5) is 0.0890. The van der Waals surface area contributed by atoms with Crippen LogP contribution >= 0.6 is 0 Å². The van der Waals surface area contributed by atoms with Crippen LogP contribution in [0.3, 0.4) is 0 Å². The predicted octanol–water partition coefficient (Wildman–Crippen LogP) is 1.67. The third kappa shape index (κ3) is 3.13. The molecule has 1 aliphatic carbocycles. The van der Waals surface area contributed by atoms with Crippen LogP contribution in [0.4, 0.5) is 4.39 Å². The van der Waals surface area contributed by atoms with Gasteiger partial charge in [0.05, 0.1) is 4.90 Å². The summed E-state index contributed by atoms with van der Waals surface area (Å²) in [5.74, 6) is 0.00532. The van der Waals surface area contributed by atoms with Crippen molar-refractivity contribution >= 4 is 10.0 Å². The minimum Gasteiger partial charge on any atom is -0.326 e. The number of rotatable bonds is 5. The number of hydrogen-bond acceptors (Lipinski definition) is 3. The Morgan fingerprint density at radius 3 is 2.63 bits per heavy atom. The highest BCUT2D eigenvalue weighted by Gasteiger charge is 2.22. The second-order valence-electron chi connectivity index (χ2n) is 5.07. The lowest BCUT2D eigenvalue weighted by molar-refractivity contribution is 0.316. The van der Waals surface area contributed by atoms with Crippen molar-refractivity contribution in [3.8, 4) is 0 Å². The fourth-order valence-corrected chi connectivity index (χ4v) is 3.37. The molecule has 0 aromatic heterocycles. The minimum atomic E-state index is -3.58. The minimum absolute atomic E-state index is 0.0152. The molecule has 106 valence electrons. The maximum atomic E-state index is 13.7. The van der Waals surface area contributed by atoms with Crippen LogP contribution in [-0.2, 0) is 16.6 Å². The lowest BCUT2D eigenvalue weighted by atomic mass is 9.86. The maximum Gasteiger partial charge on any atom is 0.240 e. The highest BCUT2D eigenvalue weighted by Crippen LogP contribution is 2.26. The van der Waals surface area contributed by atoms with E-state index in [2.05, 4.69) is 4.72 Å². The summed E-state index contributed by atoms with van der Waals surface area (Å²) in [7, 11) is -3.58. The van der Waals surface area contributed by atoms with Crippen molar-refractivity contribution in [3.05, 3.63) is 29.1 Å². The molecule has 19 heavy (non-hydrogen) atoms. The van der Waals surface area contributed by atoms with Gasteiger partial charge < -0.3 is 5.73 Å². The van der Waals surface area contributed by atoms with Gasteiger partial charge in [0.15, 0.2) is 0 Å². The Bertz CT molecular complexity index is 568. The van der Waals surface area contributed by atoms with Crippen molar-refractivity contribution in [3.63, 3.8) is 0 Å². The van der Waals surface area contributed by atoms with E-state index in [1.54, 1.807) is 6.92 Å². The fraction of sp³-hybridized carbons (Fsp3) is 0.538. The van der Waals surface area contributed by atoms with Crippen molar-refractivity contribution in [1.82, 2.24) is 4.72 Å². The number of nitrogens with two attached hydrogens (primary N) is 1. The summed E-state index contributed by atoms with van der Waals surface area (Å²) in [5.41, 5.74) is 5.95. The van der Waals surface area contributed by atoms with Crippen LogP contribution in [0.15, 0.2) is 17.0 Å². The molecule has 1 fully saturated rings. The first-order valence-corrected chi connectivity index (χ1v) is 7.91. The van der Waals surface area contributed by atoms with E-state index < -0.39 is 15.8 Å². The molecule has 0 spiro atoms. The monoisotopic (exact) mass is 286 g/mol. The number of sulfonamides is 1. The number of aryl methyl sites for hydroxylation is 1. The molecule has 2 rings (SSSR count). The number of hydrogen-bond donors (Lipinski definition) is 2. The van der Waals surface area contributed by atoms with E-state index in [0.29, 0.717) is 18.0 Å². The van der Waals surface area contributed by atoms with Gasteiger partial charge in [-0.15, -0.1) is 0 Å². The van der Waals surface area contributed by atoms with Crippen LogP contribution in [0.25, 0.3) is 0 Å². The van der Waals surface area contributed by atoms with Crippen LogP contribution in [0.1, 0.15) is 30.4 Å². The molecule has 0 atom stereocenters. The molecule has 1 aromatic rings. The smallest absolute Gasteiger partial charge is 0.240 e. The molecule has 4 nitrogen and oxygen atoms in total. The quantitative estimate of drug-likeness (QED) is 0.865. The Morgan fingerprint density at radius 2 is 2.11 bits per heavy atom. The van der Waals surface area contributed by atoms with Crippen LogP contribution in [0, 0.1) is 18.7 Å². The van der Waals surface area contributed by atoms with Gasteiger partial charge in [-0.3, -0.25) is 0 Å². The first-order valence-electron chi connectivity index (χ1n) is 6.43. The fourth-order valence-electron chi connectivity index (χ4n) is 2.12. The number of nitrogens with one attached hydrogen (secondary N) is 1. The molecular formula is C13H19FN2O2S. The van der Waals surface area contributed by atoms with E-state index in [4.69, 9.17) is 5.73 Å². The lowest BCUT2D eigenvalue weighted by Crippen LogP contribution is -2.32. The normalized spacial score (nSPS) is 16.4. The average molecular weight is 286 g/mol. The van der Waals surface area contributed by atoms with Crippen molar-refractivity contribution in [2.75, 3.05) is 6.54 Å². The highest BCUT2D eigenvalue weighted by atomic mass is 32.2. The van der Waals surface area contributed by atoms with Gasteiger partial charge in [-0.2, -0.15) is 0 Å². The van der Waals surface area contributed by atoms with Gasteiger partial charge >= 0.3 is 0 Å². The lowest BCUT2D eigenvalue weighted by Gasteiger charge is -2.25. The van der Waals surface area contributed by atoms with Gasteiger partial charge in [0, 0.05) is 18.7 Å². The summed E-state index contributed by atoms with van der Waals surface area (Å²) >= 11 is 0. The molecular weight excluding hydrogens is 267 g/mol. The SMILES string of the molecule is Cc1cc(S(=O)(=O)NCC2CCC2)cc(CN)c1F. The molecule has 3 N–H and O–H groups in total. The zero-order valence-corrected chi connectivity index (χ0v) is 11.8. The largest absolute Gasteiger partial charge is 0.326 e. The van der Waals surface area contributed by atoms with E-state index in [9.17, 15) is 12.8 Å². The van der Waals surface area contributed by atoms with Crippen LogP contribution in [0.2, 0.25) is 0 Å². The Hall–Kier alpha value is -0.980. The molecule has 0 radical (unpaired) electrons. The van der Waals surface area contributed by atoms with Gasteiger partial charge in [-0.05, 0) is 43.4 Å². The molecule has 0 bridgehead atoms. The third-order valence-electron chi connectivity index (χ3n) is 3.62. The Morgan fingerprint density at radius 1 is 1.42 bits per heavy atom. The van der Waals surface area contributed by atoms with Gasteiger partial charge in [-0.1, -0.05) is 6.42 Å². The molecule has 1 saturated carbocycles. The van der Waals surface area contributed by atoms with E-state index in [0.717, 1.165) is 12.8 Å². The number of benzene rings is 1. The van der Waals surface area contributed by atoms with Crippen molar-refractivity contribution < 1.29 is 12.8 Å². The Labute approximate surface area is 113 Å². The molecule has 0 unspecified atom stereocenters. The van der Waals surface area contributed by atoms with Crippen molar-refractivity contribution in [1.29, 1.82) is 0 Å². The third-order valence-corrected chi connectivity index (χ3v) is 5.02. The van der Waals surface area contributed by atoms with Crippen LogP contribution in [0.5, 0.6) is 0 Å². The first-order chi connectivity index (χ1) is 8.94. The summed E-state index contributed by atoms with van der Waals surface area (Å²) < 4.78 is 40.5. The zero-order chi connectivity index (χ0) is 14.0. The molecule has 0 amide bonds. The van der Waals surface area contributed by atoms with Gasteiger partial charge in [0.25, 0.3) is 0 Å². The van der Waals surface area contributed by atoms with Crippen molar-refractivity contribution in [2.24, 2.45) is 11.7 Å². The number of halogens is 1. The Balaban J connectivity index is 2.21. The van der Waals surface area contributed by atoms with E-state index in [1.807, 2.05) is 0 Å². The zero-order valence-electron chi connectivity index (χ0n) is 10.9. The van der Waals surface area contributed by atoms with Gasteiger partial charge in [0.1, 0.15) is 5.82 Å². The van der Waals surface area contributed by atoms with Crippen molar-refractivity contribution in [2.45, 2.75) is 37.6 Å². The van der Waals surface area contributed by atoms with E-state index >= 15 is 0 Å². The summed E-state index contributed by atoms with van der Waals surface area (Å²) in [5, 5.41) is 0. The second-order valence-corrected chi connectivity index (χ2v) is 6.83. The molecule has 0 heterocycles. The Kier molecular flexibility index (Phi) is 4.23. The van der Waals surface area contributed by atoms with E-state index in [-0.39, 0.29) is 17.0 Å².